The molecule has 3 heteroatoms. The maximum absolute atomic E-state index is 9.24. The monoisotopic (exact) mass is 268 g/mol. The molecule has 0 aliphatic carbocycles. The van der Waals surface area contributed by atoms with Crippen LogP contribution in [0.5, 0.6) is 0 Å². The summed E-state index contributed by atoms with van der Waals surface area (Å²) in [6, 6.07) is 15.7. The smallest absolute Gasteiger partial charge is 0.118 e. The van der Waals surface area contributed by atoms with Crippen LogP contribution in [0.3, 0.4) is 0 Å². The highest BCUT2D eigenvalue weighted by Crippen LogP contribution is 2.34. The van der Waals surface area contributed by atoms with Gasteiger partial charge in [0, 0.05) is 6.61 Å². The first-order chi connectivity index (χ1) is 9.90. The molecule has 0 saturated carbocycles. The molecule has 2 heterocycles. The molecule has 1 N–H and O–H groups in total. The molecule has 0 aliphatic heterocycles. The lowest BCUT2D eigenvalue weighted by Gasteiger charge is -2.16. The van der Waals surface area contributed by atoms with Gasteiger partial charge in [-0.1, -0.05) is 24.3 Å². The van der Waals surface area contributed by atoms with Crippen LogP contribution in [0.1, 0.15) is 28.6 Å². The predicted molar refractivity (Wildman–Crippen MR) is 75.6 cm³/mol. The van der Waals surface area contributed by atoms with E-state index >= 15 is 0 Å². The second-order valence-corrected chi connectivity index (χ2v) is 4.64. The first kappa shape index (κ1) is 12.8. The molecule has 0 unspecified atom stereocenters. The largest absolute Gasteiger partial charge is 0.468 e. The van der Waals surface area contributed by atoms with Crippen LogP contribution in [0.25, 0.3) is 0 Å². The van der Waals surface area contributed by atoms with Crippen LogP contribution < -0.4 is 0 Å². The van der Waals surface area contributed by atoms with Crippen molar-refractivity contribution >= 4 is 0 Å². The van der Waals surface area contributed by atoms with Crippen molar-refractivity contribution in [1.82, 2.24) is 0 Å². The Morgan fingerprint density at radius 2 is 1.50 bits per heavy atom. The molecule has 0 spiro atoms. The van der Waals surface area contributed by atoms with E-state index < -0.39 is 0 Å². The second kappa shape index (κ2) is 5.80. The van der Waals surface area contributed by atoms with Crippen molar-refractivity contribution in [3.63, 3.8) is 0 Å². The topological polar surface area (TPSA) is 46.5 Å². The molecule has 20 heavy (non-hydrogen) atoms. The fourth-order valence-electron chi connectivity index (χ4n) is 2.52. The summed E-state index contributed by atoms with van der Waals surface area (Å²) in [5.74, 6) is 1.60. The van der Waals surface area contributed by atoms with E-state index in [4.69, 9.17) is 8.83 Å². The Hall–Kier alpha value is -2.26. The molecule has 102 valence electrons. The van der Waals surface area contributed by atoms with Crippen LogP contribution in [0.2, 0.25) is 0 Å². The minimum Gasteiger partial charge on any atom is -0.468 e. The van der Waals surface area contributed by atoms with Crippen LogP contribution in [0, 0.1) is 0 Å². The Morgan fingerprint density at radius 1 is 0.850 bits per heavy atom. The third-order valence-corrected chi connectivity index (χ3v) is 3.40. The van der Waals surface area contributed by atoms with Crippen molar-refractivity contribution in [2.24, 2.45) is 0 Å². The normalized spacial score (nSPS) is 11.1. The summed E-state index contributed by atoms with van der Waals surface area (Å²) in [6.45, 7) is 0.125. The van der Waals surface area contributed by atoms with E-state index in [9.17, 15) is 5.11 Å². The summed E-state index contributed by atoms with van der Waals surface area (Å²) in [4.78, 5) is 0. The van der Waals surface area contributed by atoms with Gasteiger partial charge in [0.2, 0.25) is 0 Å². The zero-order chi connectivity index (χ0) is 13.8. The van der Waals surface area contributed by atoms with Gasteiger partial charge in [-0.25, -0.2) is 0 Å². The maximum atomic E-state index is 9.24. The SMILES string of the molecule is OCCc1ccccc1C(c1ccco1)c1ccco1. The van der Waals surface area contributed by atoms with Crippen LogP contribution in [-0.2, 0) is 6.42 Å². The molecular weight excluding hydrogens is 252 g/mol. The van der Waals surface area contributed by atoms with Gasteiger partial charge in [-0.3, -0.25) is 0 Å². The molecule has 3 rings (SSSR count). The van der Waals surface area contributed by atoms with Crippen molar-refractivity contribution in [2.75, 3.05) is 6.61 Å². The van der Waals surface area contributed by atoms with E-state index in [0.29, 0.717) is 6.42 Å². The third-order valence-electron chi connectivity index (χ3n) is 3.40. The molecule has 3 nitrogen and oxygen atoms in total. The third kappa shape index (κ3) is 2.40. The minimum absolute atomic E-state index is 0.0808. The van der Waals surface area contributed by atoms with Gasteiger partial charge in [0.15, 0.2) is 0 Å². The van der Waals surface area contributed by atoms with Gasteiger partial charge in [-0.05, 0) is 41.8 Å². The van der Waals surface area contributed by atoms with Crippen LogP contribution in [0.4, 0.5) is 0 Å². The van der Waals surface area contributed by atoms with Gasteiger partial charge in [-0.2, -0.15) is 0 Å². The summed E-state index contributed by atoms with van der Waals surface area (Å²) in [5, 5.41) is 9.24. The lowest BCUT2D eigenvalue weighted by atomic mass is 9.89. The molecule has 0 amide bonds. The predicted octanol–water partition coefficient (Wildman–Crippen LogP) is 3.59. The maximum Gasteiger partial charge on any atom is 0.118 e. The Kier molecular flexibility index (Phi) is 3.70. The van der Waals surface area contributed by atoms with E-state index in [1.165, 1.54) is 0 Å². The lowest BCUT2D eigenvalue weighted by Crippen LogP contribution is -2.06. The summed E-state index contributed by atoms with van der Waals surface area (Å²) in [5.41, 5.74) is 2.21. The molecule has 0 radical (unpaired) electrons. The highest BCUT2D eigenvalue weighted by molar-refractivity contribution is 5.40. The summed E-state index contributed by atoms with van der Waals surface area (Å²) in [6.07, 6.45) is 3.95. The van der Waals surface area contributed by atoms with E-state index in [2.05, 4.69) is 6.07 Å². The van der Waals surface area contributed by atoms with Crippen LogP contribution >= 0.6 is 0 Å². The second-order valence-electron chi connectivity index (χ2n) is 4.64. The van der Waals surface area contributed by atoms with E-state index in [1.54, 1.807) is 12.5 Å². The fourth-order valence-corrected chi connectivity index (χ4v) is 2.52. The average Bonchev–Trinajstić information content (AvgIpc) is 3.15. The molecule has 0 atom stereocenters. The zero-order valence-corrected chi connectivity index (χ0v) is 11.0. The van der Waals surface area contributed by atoms with Gasteiger partial charge in [0.1, 0.15) is 17.4 Å². The lowest BCUT2D eigenvalue weighted by molar-refractivity contribution is 0.299. The van der Waals surface area contributed by atoms with Crippen molar-refractivity contribution in [3.05, 3.63) is 83.7 Å². The van der Waals surface area contributed by atoms with E-state index in [0.717, 1.165) is 22.6 Å². The van der Waals surface area contributed by atoms with Crippen LogP contribution in [0.15, 0.2) is 69.9 Å². The number of hydrogen-bond donors (Lipinski definition) is 1. The minimum atomic E-state index is -0.0808. The highest BCUT2D eigenvalue weighted by Gasteiger charge is 2.24. The molecular formula is C17H16O3. The molecule has 0 fully saturated rings. The standard InChI is InChI=1S/C17H16O3/c18-10-9-13-5-1-2-6-14(13)17(15-7-3-11-19-15)16-8-4-12-20-16/h1-8,11-12,17-18H,9-10H2. The van der Waals surface area contributed by atoms with Crippen LogP contribution in [-0.4, -0.2) is 11.7 Å². The van der Waals surface area contributed by atoms with Gasteiger partial charge >= 0.3 is 0 Å². The molecule has 3 aromatic rings. The highest BCUT2D eigenvalue weighted by atomic mass is 16.3. The Balaban J connectivity index is 2.11. The number of rotatable bonds is 5. The summed E-state index contributed by atoms with van der Waals surface area (Å²) in [7, 11) is 0. The number of hydrogen-bond acceptors (Lipinski definition) is 3. The quantitative estimate of drug-likeness (QED) is 0.769. The first-order valence-electron chi connectivity index (χ1n) is 6.65. The van der Waals surface area contributed by atoms with Gasteiger partial charge in [0.25, 0.3) is 0 Å². The van der Waals surface area contributed by atoms with Crippen molar-refractivity contribution in [3.8, 4) is 0 Å². The zero-order valence-electron chi connectivity index (χ0n) is 11.0. The summed E-state index contributed by atoms with van der Waals surface area (Å²) < 4.78 is 11.2. The molecule has 1 aromatic carbocycles. The number of aliphatic hydroxyl groups is 1. The van der Waals surface area contributed by atoms with Crippen molar-refractivity contribution < 1.29 is 13.9 Å². The molecule has 0 bridgehead atoms. The fraction of sp³-hybridized carbons (Fsp3) is 0.176. The Labute approximate surface area is 117 Å². The molecule has 2 aromatic heterocycles. The number of benzene rings is 1. The van der Waals surface area contributed by atoms with Gasteiger partial charge in [-0.15, -0.1) is 0 Å². The van der Waals surface area contributed by atoms with Crippen molar-refractivity contribution in [1.29, 1.82) is 0 Å². The van der Waals surface area contributed by atoms with Gasteiger partial charge < -0.3 is 13.9 Å². The molecule has 0 aliphatic rings. The number of aliphatic hydroxyl groups excluding tert-OH is 1. The Morgan fingerprint density at radius 3 is 2.05 bits per heavy atom. The van der Waals surface area contributed by atoms with E-state index in [1.807, 2.05) is 42.5 Å². The average molecular weight is 268 g/mol. The van der Waals surface area contributed by atoms with Crippen molar-refractivity contribution in [2.45, 2.75) is 12.3 Å². The number of furan rings is 2. The Bertz CT molecular complexity index is 604. The summed E-state index contributed by atoms with van der Waals surface area (Å²) >= 11 is 0. The van der Waals surface area contributed by atoms with E-state index in [-0.39, 0.29) is 12.5 Å². The molecule has 0 saturated heterocycles. The van der Waals surface area contributed by atoms with Gasteiger partial charge in [0.05, 0.1) is 12.5 Å². The first-order valence-corrected chi connectivity index (χ1v) is 6.65.